The highest BCUT2D eigenvalue weighted by Crippen LogP contribution is 2.28. The highest BCUT2D eigenvalue weighted by atomic mass is 32.1. The number of piperidine rings is 1. The molecule has 1 aromatic heterocycles. The quantitative estimate of drug-likeness (QED) is 0.558. The maximum atomic E-state index is 12.1. The van der Waals surface area contributed by atoms with Crippen molar-refractivity contribution in [3.63, 3.8) is 0 Å². The van der Waals surface area contributed by atoms with Crippen LogP contribution in [0.5, 0.6) is 5.75 Å². The first-order chi connectivity index (χ1) is 13.0. The Morgan fingerprint density at radius 1 is 1.37 bits per heavy atom. The number of methoxy groups -OCH3 is 1. The van der Waals surface area contributed by atoms with Crippen molar-refractivity contribution >= 4 is 18.2 Å². The molecule has 0 unspecified atom stereocenters. The van der Waals surface area contributed by atoms with Gasteiger partial charge < -0.3 is 14.0 Å². The molecule has 2 aromatic rings. The Labute approximate surface area is 164 Å². The van der Waals surface area contributed by atoms with Crippen LogP contribution >= 0.6 is 12.2 Å². The summed E-state index contributed by atoms with van der Waals surface area (Å²) in [6.07, 6.45) is 1.83. The second-order valence-electron chi connectivity index (χ2n) is 6.67. The molecule has 1 saturated heterocycles. The first kappa shape index (κ1) is 19.6. The Hall–Kier alpha value is -2.19. The van der Waals surface area contributed by atoms with Crippen LogP contribution < -0.4 is 4.74 Å². The maximum absolute atomic E-state index is 12.1. The molecule has 1 aromatic carbocycles. The van der Waals surface area contributed by atoms with Gasteiger partial charge >= 0.3 is 5.97 Å². The summed E-state index contributed by atoms with van der Waals surface area (Å²) in [5.41, 5.74) is 0.899. The number of aromatic nitrogens is 3. The summed E-state index contributed by atoms with van der Waals surface area (Å²) in [5.74, 6) is 1.33. The van der Waals surface area contributed by atoms with E-state index < -0.39 is 0 Å². The van der Waals surface area contributed by atoms with Gasteiger partial charge in [0.25, 0.3) is 0 Å². The van der Waals surface area contributed by atoms with E-state index in [0.29, 0.717) is 24.6 Å². The normalized spacial score (nSPS) is 17.7. The number of benzene rings is 1. The van der Waals surface area contributed by atoms with Gasteiger partial charge in [-0.1, -0.05) is 12.1 Å². The number of nitrogens with zero attached hydrogens (tertiary/aromatic N) is 4. The van der Waals surface area contributed by atoms with Crippen molar-refractivity contribution in [2.24, 2.45) is 13.0 Å². The monoisotopic (exact) mass is 390 g/mol. The number of para-hydroxylation sites is 1. The Balaban J connectivity index is 1.80. The van der Waals surface area contributed by atoms with E-state index in [-0.39, 0.29) is 11.9 Å². The summed E-state index contributed by atoms with van der Waals surface area (Å²) in [5, 5.41) is 4.73. The summed E-state index contributed by atoms with van der Waals surface area (Å²) in [6, 6.07) is 7.76. The van der Waals surface area contributed by atoms with Gasteiger partial charge in [0.05, 0.1) is 31.9 Å². The van der Waals surface area contributed by atoms with Crippen LogP contribution in [0.1, 0.15) is 19.8 Å². The molecule has 146 valence electrons. The standard InChI is InChI=1S/C19H26N4O3S/c1-4-26-18(24)14-8-7-11-22(12-14)13-23-19(27)21(2)17(20-23)15-9-5-6-10-16(15)25-3/h5-6,9-10,14H,4,7-8,11-13H2,1-3H3/t14-/m0/s1. The Morgan fingerprint density at radius 2 is 2.15 bits per heavy atom. The number of hydrogen-bond donors (Lipinski definition) is 0. The first-order valence-corrected chi connectivity index (χ1v) is 9.62. The molecule has 0 spiro atoms. The van der Waals surface area contributed by atoms with Gasteiger partial charge in [0, 0.05) is 13.6 Å². The summed E-state index contributed by atoms with van der Waals surface area (Å²) in [6.45, 7) is 4.39. The van der Waals surface area contributed by atoms with Crippen molar-refractivity contribution in [3.05, 3.63) is 29.0 Å². The predicted octanol–water partition coefficient (Wildman–Crippen LogP) is 2.86. The second-order valence-corrected chi connectivity index (χ2v) is 7.04. The van der Waals surface area contributed by atoms with Gasteiger partial charge in [0.15, 0.2) is 10.6 Å². The van der Waals surface area contributed by atoms with Crippen molar-refractivity contribution < 1.29 is 14.3 Å². The van der Waals surface area contributed by atoms with Crippen LogP contribution in [0.3, 0.4) is 0 Å². The summed E-state index contributed by atoms with van der Waals surface area (Å²) in [7, 11) is 3.55. The van der Waals surface area contributed by atoms with E-state index in [1.165, 1.54) is 0 Å². The molecule has 0 N–H and O–H groups in total. The maximum Gasteiger partial charge on any atom is 0.310 e. The van der Waals surface area contributed by atoms with Crippen LogP contribution in [0, 0.1) is 10.7 Å². The Kier molecular flexibility index (Phi) is 6.28. The molecular formula is C19H26N4O3S. The molecule has 0 amide bonds. The minimum atomic E-state index is -0.110. The number of rotatable bonds is 6. The average molecular weight is 391 g/mol. The summed E-state index contributed by atoms with van der Waals surface area (Å²) in [4.78, 5) is 14.3. The Morgan fingerprint density at radius 3 is 2.89 bits per heavy atom. The van der Waals surface area contributed by atoms with Gasteiger partial charge in [0.2, 0.25) is 0 Å². The third-order valence-corrected chi connectivity index (χ3v) is 5.33. The number of ether oxygens (including phenoxy) is 2. The molecule has 1 aliphatic rings. The van der Waals surface area contributed by atoms with E-state index in [1.54, 1.807) is 7.11 Å². The van der Waals surface area contributed by atoms with Gasteiger partial charge in [-0.05, 0) is 50.7 Å². The van der Waals surface area contributed by atoms with E-state index >= 15 is 0 Å². The van der Waals surface area contributed by atoms with Gasteiger partial charge in [-0.25, -0.2) is 4.68 Å². The number of carbonyl (C=O) groups is 1. The SMILES string of the molecule is CCOC(=O)[C@H]1CCCN(Cn2nc(-c3ccccc3OC)n(C)c2=S)C1. The van der Waals surface area contributed by atoms with Crippen LogP contribution in [0.4, 0.5) is 0 Å². The molecule has 1 aliphatic heterocycles. The number of hydrogen-bond acceptors (Lipinski definition) is 6. The van der Waals surface area contributed by atoms with Crippen molar-refractivity contribution in [1.82, 2.24) is 19.2 Å². The van der Waals surface area contributed by atoms with Crippen molar-refractivity contribution in [2.75, 3.05) is 26.8 Å². The molecule has 0 radical (unpaired) electrons. The average Bonchev–Trinajstić information content (AvgIpc) is 2.96. The largest absolute Gasteiger partial charge is 0.496 e. The molecule has 7 nitrogen and oxygen atoms in total. The van der Waals surface area contributed by atoms with E-state index in [0.717, 1.165) is 36.5 Å². The Bertz CT molecular complexity index is 861. The lowest BCUT2D eigenvalue weighted by atomic mass is 9.99. The summed E-state index contributed by atoms with van der Waals surface area (Å²) < 4.78 is 15.0. The first-order valence-electron chi connectivity index (χ1n) is 9.21. The molecule has 0 bridgehead atoms. The van der Waals surface area contributed by atoms with E-state index in [9.17, 15) is 4.79 Å². The van der Waals surface area contributed by atoms with Crippen LogP contribution in [-0.2, 0) is 23.2 Å². The molecule has 0 aliphatic carbocycles. The predicted molar refractivity (Wildman–Crippen MR) is 105 cm³/mol. The van der Waals surface area contributed by atoms with Crippen LogP contribution in [0.15, 0.2) is 24.3 Å². The molecule has 8 heteroatoms. The molecule has 27 heavy (non-hydrogen) atoms. The van der Waals surface area contributed by atoms with Crippen LogP contribution in [0.25, 0.3) is 11.4 Å². The second kappa shape index (κ2) is 8.67. The number of esters is 1. The van der Waals surface area contributed by atoms with Gasteiger partial charge in [0.1, 0.15) is 5.75 Å². The van der Waals surface area contributed by atoms with E-state index in [1.807, 2.05) is 47.5 Å². The van der Waals surface area contributed by atoms with Gasteiger partial charge in [-0.3, -0.25) is 9.69 Å². The third kappa shape index (κ3) is 4.22. The zero-order chi connectivity index (χ0) is 19.4. The van der Waals surface area contributed by atoms with E-state index in [4.69, 9.17) is 26.8 Å². The van der Waals surface area contributed by atoms with Crippen LogP contribution in [-0.4, -0.2) is 52.0 Å². The molecule has 0 saturated carbocycles. The van der Waals surface area contributed by atoms with Crippen molar-refractivity contribution in [1.29, 1.82) is 0 Å². The minimum absolute atomic E-state index is 0.0785. The molecule has 1 atom stereocenters. The highest BCUT2D eigenvalue weighted by Gasteiger charge is 2.27. The van der Waals surface area contributed by atoms with E-state index in [2.05, 4.69) is 4.90 Å². The van der Waals surface area contributed by atoms with Crippen molar-refractivity contribution in [2.45, 2.75) is 26.4 Å². The fraction of sp³-hybridized carbons (Fsp3) is 0.526. The topological polar surface area (TPSA) is 61.5 Å². The highest BCUT2D eigenvalue weighted by molar-refractivity contribution is 7.71. The van der Waals surface area contributed by atoms with Crippen LogP contribution in [0.2, 0.25) is 0 Å². The minimum Gasteiger partial charge on any atom is -0.496 e. The lowest BCUT2D eigenvalue weighted by Crippen LogP contribution is -2.40. The zero-order valence-corrected chi connectivity index (χ0v) is 16.9. The van der Waals surface area contributed by atoms with Crippen molar-refractivity contribution in [3.8, 4) is 17.1 Å². The molecular weight excluding hydrogens is 364 g/mol. The fourth-order valence-electron chi connectivity index (χ4n) is 3.47. The number of carbonyl (C=O) groups excluding carboxylic acids is 1. The molecule has 1 fully saturated rings. The van der Waals surface area contributed by atoms with Gasteiger partial charge in [-0.2, -0.15) is 5.10 Å². The molecule has 3 rings (SSSR count). The third-order valence-electron chi connectivity index (χ3n) is 4.85. The fourth-order valence-corrected chi connectivity index (χ4v) is 3.65. The summed E-state index contributed by atoms with van der Waals surface area (Å²) >= 11 is 5.59. The number of likely N-dealkylation sites (tertiary alicyclic amines) is 1. The zero-order valence-electron chi connectivity index (χ0n) is 16.1. The lowest BCUT2D eigenvalue weighted by molar-refractivity contribution is -0.150. The molecule has 2 heterocycles. The lowest BCUT2D eigenvalue weighted by Gasteiger charge is -2.31. The van der Waals surface area contributed by atoms with Gasteiger partial charge in [-0.15, -0.1) is 0 Å². The smallest absolute Gasteiger partial charge is 0.310 e.